The van der Waals surface area contributed by atoms with Gasteiger partial charge in [0.15, 0.2) is 0 Å². The number of rotatable bonds is 31. The predicted molar refractivity (Wildman–Crippen MR) is 225 cm³/mol. The molecular weight excluding hydrogens is 799 g/mol. The van der Waals surface area contributed by atoms with E-state index in [4.69, 9.17) is 33.2 Å². The summed E-state index contributed by atoms with van der Waals surface area (Å²) in [5.74, 6) is 0.734. The van der Waals surface area contributed by atoms with Crippen LogP contribution in [0.25, 0.3) is 0 Å². The van der Waals surface area contributed by atoms with Gasteiger partial charge in [-0.2, -0.15) is 11.8 Å². The second-order valence-electron chi connectivity index (χ2n) is 15.6. The van der Waals surface area contributed by atoms with E-state index >= 15 is 0 Å². The Morgan fingerprint density at radius 3 is 2.15 bits per heavy atom. The van der Waals surface area contributed by atoms with Crippen molar-refractivity contribution < 1.29 is 57.4 Å². The van der Waals surface area contributed by atoms with E-state index < -0.39 is 17.9 Å². The molecule has 2 aromatic rings. The standard InChI is InChI=1S/C42H63N5O12S/c1-42(2,3)14-13-33(40(50)51)45-39(49)30-11-12-37(44-28-30)59-32-8-6-7-31(27-32)58-26-25-57-24-23-56-22-21-55-20-19-54-18-17-53-16-15-43-36(48)10-5-4-9-35-38-34(29-60-35)46-41(52)47-38/h6-8,11-12,27-28,33-35,38H,4-5,9-10,13-26,29H2,1-3H3,(H,43,48)(H,45,49)(H,50,51)(H2,46,47,52)/t33?,34-,35-,38-/m0/s1. The van der Waals surface area contributed by atoms with Crippen LogP contribution in [0.15, 0.2) is 42.6 Å². The minimum Gasteiger partial charge on any atom is -0.491 e. The Balaban J connectivity index is 0.899. The van der Waals surface area contributed by atoms with Crippen molar-refractivity contribution in [2.45, 2.75) is 82.7 Å². The van der Waals surface area contributed by atoms with Crippen molar-refractivity contribution in [3.8, 4) is 17.4 Å². The van der Waals surface area contributed by atoms with E-state index in [1.54, 1.807) is 30.3 Å². The Bertz CT molecular complexity index is 1600. The third-order valence-corrected chi connectivity index (χ3v) is 11.0. The number of carboxylic acids is 1. The Labute approximate surface area is 357 Å². The summed E-state index contributed by atoms with van der Waals surface area (Å²) in [7, 11) is 0. The summed E-state index contributed by atoms with van der Waals surface area (Å²) in [4.78, 5) is 52.1. The number of pyridine rings is 1. The van der Waals surface area contributed by atoms with Crippen LogP contribution in [-0.2, 0) is 33.3 Å². The molecule has 2 aliphatic heterocycles. The van der Waals surface area contributed by atoms with Gasteiger partial charge in [-0.05, 0) is 49.3 Å². The lowest BCUT2D eigenvalue weighted by atomic mass is 9.88. The number of carboxylic acid groups (broad SMARTS) is 1. The maximum Gasteiger partial charge on any atom is 0.326 e. The molecule has 17 nitrogen and oxygen atoms in total. The molecule has 2 aliphatic rings. The molecule has 0 saturated carbocycles. The first-order valence-electron chi connectivity index (χ1n) is 20.7. The molecule has 4 amide bonds. The van der Waals surface area contributed by atoms with Crippen molar-refractivity contribution in [2.75, 3.05) is 85.0 Å². The normalized spacial score (nSPS) is 17.6. The third-order valence-electron chi connectivity index (χ3n) is 9.45. The molecule has 3 heterocycles. The Kier molecular flexibility index (Phi) is 21.7. The van der Waals surface area contributed by atoms with E-state index in [9.17, 15) is 24.3 Å². The van der Waals surface area contributed by atoms with Gasteiger partial charge in [-0.3, -0.25) is 9.59 Å². The summed E-state index contributed by atoms with van der Waals surface area (Å²) in [5.41, 5.74) is 0.179. The molecule has 4 atom stereocenters. The number of carbonyl (C=O) groups excluding carboxylic acids is 3. The van der Waals surface area contributed by atoms with Crippen molar-refractivity contribution >= 4 is 35.6 Å². The second kappa shape index (κ2) is 26.9. The molecular formula is C42H63N5O12S. The fourth-order valence-electron chi connectivity index (χ4n) is 6.22. The first-order chi connectivity index (χ1) is 29.0. The molecule has 4 rings (SSSR count). The zero-order valence-corrected chi connectivity index (χ0v) is 35.9. The lowest BCUT2D eigenvalue weighted by Crippen LogP contribution is -2.41. The molecule has 334 valence electrons. The first kappa shape index (κ1) is 48.5. The zero-order chi connectivity index (χ0) is 43.0. The van der Waals surface area contributed by atoms with Gasteiger partial charge < -0.3 is 59.5 Å². The number of aliphatic carboxylic acids is 1. The molecule has 0 aliphatic carbocycles. The van der Waals surface area contributed by atoms with Crippen molar-refractivity contribution in [1.29, 1.82) is 0 Å². The van der Waals surface area contributed by atoms with Gasteiger partial charge in [0.2, 0.25) is 11.8 Å². The fraction of sp³-hybridized carbons (Fsp3) is 0.643. The number of hydrogen-bond donors (Lipinski definition) is 5. The van der Waals surface area contributed by atoms with Crippen molar-refractivity contribution in [1.82, 2.24) is 26.3 Å². The minimum atomic E-state index is -1.08. The van der Waals surface area contributed by atoms with Crippen molar-refractivity contribution in [3.05, 3.63) is 48.2 Å². The number of fused-ring (bicyclic) bond motifs is 1. The maximum atomic E-state index is 12.7. The largest absolute Gasteiger partial charge is 0.491 e. The molecule has 0 spiro atoms. The summed E-state index contributed by atoms with van der Waals surface area (Å²) in [5, 5.41) is 21.4. The topological polar surface area (TPSA) is 214 Å². The molecule has 60 heavy (non-hydrogen) atoms. The average Bonchev–Trinajstić information content (AvgIpc) is 3.77. The number of nitrogens with one attached hydrogen (secondary N) is 4. The monoisotopic (exact) mass is 861 g/mol. The SMILES string of the molecule is CC(C)(C)CCC(NC(=O)c1ccc(Oc2cccc(OCCOCCOCCOCCOCCOCCNC(=O)CCCC[C@@H]3SC[C@@H]4NC(=O)N[C@@H]43)c2)nc1)C(=O)O. The highest BCUT2D eigenvalue weighted by Crippen LogP contribution is 2.33. The molecule has 0 radical (unpaired) electrons. The van der Waals surface area contributed by atoms with E-state index in [2.05, 4.69) is 26.3 Å². The highest BCUT2D eigenvalue weighted by molar-refractivity contribution is 8.00. The van der Waals surface area contributed by atoms with E-state index in [1.807, 2.05) is 32.5 Å². The van der Waals surface area contributed by atoms with Gasteiger partial charge in [-0.1, -0.05) is 33.3 Å². The van der Waals surface area contributed by atoms with Gasteiger partial charge in [0, 0.05) is 42.3 Å². The minimum absolute atomic E-state index is 0.0292. The van der Waals surface area contributed by atoms with Crippen LogP contribution in [0.3, 0.4) is 0 Å². The number of aromatic nitrogens is 1. The van der Waals surface area contributed by atoms with E-state index in [-0.39, 0.29) is 40.9 Å². The van der Waals surface area contributed by atoms with Crippen molar-refractivity contribution in [3.63, 3.8) is 0 Å². The molecule has 1 unspecified atom stereocenters. The highest BCUT2D eigenvalue weighted by Gasteiger charge is 2.42. The Morgan fingerprint density at radius 1 is 0.867 bits per heavy atom. The van der Waals surface area contributed by atoms with Crippen molar-refractivity contribution in [2.24, 2.45) is 5.41 Å². The van der Waals surface area contributed by atoms with Crippen LogP contribution in [0.4, 0.5) is 4.79 Å². The number of nitrogens with zero attached hydrogens (tertiary/aromatic N) is 1. The highest BCUT2D eigenvalue weighted by atomic mass is 32.2. The molecule has 0 bridgehead atoms. The molecule has 5 N–H and O–H groups in total. The number of benzene rings is 1. The number of amides is 4. The van der Waals surface area contributed by atoms with Gasteiger partial charge in [0.05, 0.1) is 83.7 Å². The summed E-state index contributed by atoms with van der Waals surface area (Å²) >= 11 is 1.89. The molecule has 2 saturated heterocycles. The number of ether oxygens (including phenoxy) is 7. The van der Waals surface area contributed by atoms with E-state index in [0.717, 1.165) is 25.0 Å². The molecule has 2 fully saturated rings. The number of hydrogen-bond acceptors (Lipinski definition) is 13. The summed E-state index contributed by atoms with van der Waals surface area (Å²) in [6.07, 6.45) is 5.60. The van der Waals surface area contributed by atoms with Crippen LogP contribution in [0.5, 0.6) is 17.4 Å². The van der Waals surface area contributed by atoms with Crippen LogP contribution in [0, 0.1) is 5.41 Å². The van der Waals surface area contributed by atoms with Crippen LogP contribution >= 0.6 is 11.8 Å². The van der Waals surface area contributed by atoms with Gasteiger partial charge in [-0.15, -0.1) is 0 Å². The van der Waals surface area contributed by atoms with Crippen LogP contribution in [0.1, 0.15) is 69.7 Å². The number of thioether (sulfide) groups is 1. The van der Waals surface area contributed by atoms with Gasteiger partial charge in [0.1, 0.15) is 24.1 Å². The molecule has 1 aromatic carbocycles. The predicted octanol–water partition coefficient (Wildman–Crippen LogP) is 4.19. The first-order valence-corrected chi connectivity index (χ1v) is 21.8. The van der Waals surface area contributed by atoms with E-state index in [0.29, 0.717) is 115 Å². The van der Waals surface area contributed by atoms with Gasteiger partial charge in [0.25, 0.3) is 5.91 Å². The fourth-order valence-corrected chi connectivity index (χ4v) is 7.77. The quantitative estimate of drug-likeness (QED) is 0.0532. The molecule has 18 heteroatoms. The number of unbranched alkanes of at least 4 members (excludes halogenated alkanes) is 1. The Morgan fingerprint density at radius 2 is 1.52 bits per heavy atom. The average molecular weight is 862 g/mol. The van der Waals surface area contributed by atoms with E-state index in [1.165, 1.54) is 12.3 Å². The lowest BCUT2D eigenvalue weighted by molar-refractivity contribution is -0.139. The van der Waals surface area contributed by atoms with Crippen LogP contribution in [0.2, 0.25) is 0 Å². The van der Waals surface area contributed by atoms with Crippen LogP contribution < -0.4 is 30.7 Å². The van der Waals surface area contributed by atoms with Gasteiger partial charge >= 0.3 is 12.0 Å². The number of carbonyl (C=O) groups is 4. The maximum absolute atomic E-state index is 12.7. The zero-order valence-electron chi connectivity index (χ0n) is 35.1. The lowest BCUT2D eigenvalue weighted by Gasteiger charge is -2.21. The summed E-state index contributed by atoms with van der Waals surface area (Å²) in [6.45, 7) is 11.1. The molecule has 1 aromatic heterocycles. The smallest absolute Gasteiger partial charge is 0.326 e. The number of urea groups is 1. The van der Waals surface area contributed by atoms with Gasteiger partial charge in [-0.25, -0.2) is 14.6 Å². The summed E-state index contributed by atoms with van der Waals surface area (Å²) in [6, 6.07) is 9.51. The second-order valence-corrected chi connectivity index (χ2v) is 16.8. The third kappa shape index (κ3) is 19.5. The summed E-state index contributed by atoms with van der Waals surface area (Å²) < 4.78 is 39.3. The van der Waals surface area contributed by atoms with Crippen LogP contribution in [-0.4, -0.2) is 142 Å². The Hall–Kier alpha value is -4.20.